The maximum absolute atomic E-state index is 12.0. The van der Waals surface area contributed by atoms with Crippen molar-refractivity contribution in [2.75, 3.05) is 0 Å². The Labute approximate surface area is 105 Å². The largest absolute Gasteiger partial charge is 0.481 e. The van der Waals surface area contributed by atoms with Gasteiger partial charge in [-0.3, -0.25) is 9.59 Å². The van der Waals surface area contributed by atoms with E-state index in [1.54, 1.807) is 6.92 Å². The SMILES string of the molecule is CC1=NN(Cc2ccccc2)C(=O)C1CC(=O)O. The molecule has 0 fully saturated rings. The summed E-state index contributed by atoms with van der Waals surface area (Å²) in [6.45, 7) is 2.07. The van der Waals surface area contributed by atoms with E-state index >= 15 is 0 Å². The molecule has 1 heterocycles. The molecule has 0 aromatic heterocycles. The molecular formula is C13H14N2O3. The second kappa shape index (κ2) is 5.00. The van der Waals surface area contributed by atoms with Crippen LogP contribution >= 0.6 is 0 Å². The number of carboxylic acid groups (broad SMARTS) is 1. The maximum Gasteiger partial charge on any atom is 0.304 e. The molecule has 1 aromatic carbocycles. The lowest BCUT2D eigenvalue weighted by molar-refractivity contribution is -0.142. The topological polar surface area (TPSA) is 70.0 Å². The third-order valence-corrected chi connectivity index (χ3v) is 2.89. The Hall–Kier alpha value is -2.17. The monoisotopic (exact) mass is 246 g/mol. The molecule has 0 saturated carbocycles. The Morgan fingerprint density at radius 1 is 1.39 bits per heavy atom. The van der Waals surface area contributed by atoms with E-state index in [1.165, 1.54) is 5.01 Å². The van der Waals surface area contributed by atoms with E-state index in [4.69, 9.17) is 5.11 Å². The first-order valence-electron chi connectivity index (χ1n) is 5.70. The fourth-order valence-corrected chi connectivity index (χ4v) is 1.95. The highest BCUT2D eigenvalue weighted by Crippen LogP contribution is 2.21. The van der Waals surface area contributed by atoms with Crippen molar-refractivity contribution in [2.45, 2.75) is 19.9 Å². The lowest BCUT2D eigenvalue weighted by Gasteiger charge is -2.13. The summed E-state index contributed by atoms with van der Waals surface area (Å²) in [4.78, 5) is 22.7. The molecule has 2 rings (SSSR count). The van der Waals surface area contributed by atoms with E-state index in [1.807, 2.05) is 30.3 Å². The van der Waals surface area contributed by atoms with E-state index in [-0.39, 0.29) is 12.3 Å². The van der Waals surface area contributed by atoms with E-state index in [9.17, 15) is 9.59 Å². The molecule has 1 atom stereocenters. The second-order valence-corrected chi connectivity index (χ2v) is 4.27. The molecule has 1 aliphatic heterocycles. The summed E-state index contributed by atoms with van der Waals surface area (Å²) in [5.74, 6) is -1.84. The highest BCUT2D eigenvalue weighted by molar-refractivity contribution is 6.08. The first kappa shape index (κ1) is 12.3. The van der Waals surface area contributed by atoms with Crippen LogP contribution in [-0.4, -0.2) is 27.7 Å². The minimum absolute atomic E-state index is 0.195. The van der Waals surface area contributed by atoms with Crippen LogP contribution in [0.15, 0.2) is 35.4 Å². The van der Waals surface area contributed by atoms with Crippen molar-refractivity contribution in [1.82, 2.24) is 5.01 Å². The Balaban J connectivity index is 2.09. The Bertz CT molecular complexity index is 496. The number of benzene rings is 1. The van der Waals surface area contributed by atoms with Gasteiger partial charge in [-0.2, -0.15) is 5.10 Å². The highest BCUT2D eigenvalue weighted by atomic mass is 16.4. The van der Waals surface area contributed by atoms with Gasteiger partial charge in [0.25, 0.3) is 5.91 Å². The van der Waals surface area contributed by atoms with Crippen LogP contribution in [-0.2, 0) is 16.1 Å². The molecule has 5 nitrogen and oxygen atoms in total. The number of hydrogen-bond acceptors (Lipinski definition) is 3. The van der Waals surface area contributed by atoms with Gasteiger partial charge >= 0.3 is 5.97 Å². The van der Waals surface area contributed by atoms with Gasteiger partial charge in [0.1, 0.15) is 0 Å². The lowest BCUT2D eigenvalue weighted by atomic mass is 10.0. The van der Waals surface area contributed by atoms with Gasteiger partial charge in [0.05, 0.1) is 18.9 Å². The zero-order valence-electron chi connectivity index (χ0n) is 10.0. The number of hydrazone groups is 1. The van der Waals surface area contributed by atoms with Gasteiger partial charge in [0.2, 0.25) is 0 Å². The fourth-order valence-electron chi connectivity index (χ4n) is 1.95. The highest BCUT2D eigenvalue weighted by Gasteiger charge is 2.34. The van der Waals surface area contributed by atoms with Gasteiger partial charge in [-0.1, -0.05) is 30.3 Å². The van der Waals surface area contributed by atoms with Gasteiger partial charge in [-0.25, -0.2) is 5.01 Å². The molecule has 1 N–H and O–H groups in total. The zero-order chi connectivity index (χ0) is 13.1. The van der Waals surface area contributed by atoms with Gasteiger partial charge in [-0.15, -0.1) is 0 Å². The van der Waals surface area contributed by atoms with Crippen molar-refractivity contribution < 1.29 is 14.7 Å². The molecule has 1 aliphatic rings. The minimum atomic E-state index is -0.982. The summed E-state index contributed by atoms with van der Waals surface area (Å²) in [7, 11) is 0. The first-order chi connectivity index (χ1) is 8.58. The number of carboxylic acids is 1. The number of carbonyl (C=O) groups excluding carboxylic acids is 1. The molecule has 0 radical (unpaired) electrons. The molecule has 1 aromatic rings. The normalized spacial score (nSPS) is 18.9. The molecule has 0 bridgehead atoms. The minimum Gasteiger partial charge on any atom is -0.481 e. The average Bonchev–Trinajstić information content (AvgIpc) is 2.58. The summed E-state index contributed by atoms with van der Waals surface area (Å²) in [6, 6.07) is 9.49. The number of amides is 1. The van der Waals surface area contributed by atoms with Crippen LogP contribution in [0.3, 0.4) is 0 Å². The molecule has 0 spiro atoms. The summed E-state index contributed by atoms with van der Waals surface area (Å²) in [6.07, 6.45) is -0.195. The summed E-state index contributed by atoms with van der Waals surface area (Å²) in [5, 5.41) is 14.2. The molecule has 5 heteroatoms. The van der Waals surface area contributed by atoms with Crippen molar-refractivity contribution in [3.8, 4) is 0 Å². The summed E-state index contributed by atoms with van der Waals surface area (Å²) in [5.41, 5.74) is 1.54. The predicted octanol–water partition coefficient (Wildman–Crippen LogP) is 1.50. The van der Waals surface area contributed by atoms with Gasteiger partial charge in [0.15, 0.2) is 0 Å². The number of hydrogen-bond donors (Lipinski definition) is 1. The van der Waals surface area contributed by atoms with Crippen LogP contribution in [0.4, 0.5) is 0 Å². The average molecular weight is 246 g/mol. The predicted molar refractivity (Wildman–Crippen MR) is 65.8 cm³/mol. The van der Waals surface area contributed by atoms with Crippen molar-refractivity contribution in [1.29, 1.82) is 0 Å². The van der Waals surface area contributed by atoms with E-state index in [0.29, 0.717) is 12.3 Å². The third kappa shape index (κ3) is 2.56. The van der Waals surface area contributed by atoms with Crippen LogP contribution in [0, 0.1) is 5.92 Å². The quantitative estimate of drug-likeness (QED) is 0.875. The summed E-state index contributed by atoms with van der Waals surface area (Å²) < 4.78 is 0. The maximum atomic E-state index is 12.0. The first-order valence-corrected chi connectivity index (χ1v) is 5.70. The molecule has 1 amide bonds. The smallest absolute Gasteiger partial charge is 0.304 e. The van der Waals surface area contributed by atoms with Crippen LogP contribution in [0.2, 0.25) is 0 Å². The molecule has 94 valence electrons. The number of rotatable bonds is 4. The van der Waals surface area contributed by atoms with Crippen LogP contribution < -0.4 is 0 Å². The van der Waals surface area contributed by atoms with Crippen molar-refractivity contribution >= 4 is 17.6 Å². The molecule has 0 saturated heterocycles. The van der Waals surface area contributed by atoms with Crippen molar-refractivity contribution in [3.63, 3.8) is 0 Å². The second-order valence-electron chi connectivity index (χ2n) is 4.27. The molecule has 18 heavy (non-hydrogen) atoms. The Morgan fingerprint density at radius 3 is 2.67 bits per heavy atom. The van der Waals surface area contributed by atoms with E-state index < -0.39 is 11.9 Å². The number of aliphatic carboxylic acids is 1. The van der Waals surface area contributed by atoms with Gasteiger partial charge in [-0.05, 0) is 12.5 Å². The molecule has 0 aliphatic carbocycles. The van der Waals surface area contributed by atoms with Gasteiger partial charge in [0, 0.05) is 5.71 Å². The van der Waals surface area contributed by atoms with Crippen LogP contribution in [0.25, 0.3) is 0 Å². The van der Waals surface area contributed by atoms with Crippen molar-refractivity contribution in [2.24, 2.45) is 11.0 Å². The van der Waals surface area contributed by atoms with Crippen LogP contribution in [0.1, 0.15) is 18.9 Å². The fraction of sp³-hybridized carbons (Fsp3) is 0.308. The van der Waals surface area contributed by atoms with Gasteiger partial charge < -0.3 is 5.11 Å². The molecule has 1 unspecified atom stereocenters. The third-order valence-electron chi connectivity index (χ3n) is 2.89. The standard InChI is InChI=1S/C13H14N2O3/c1-9-11(7-12(16)17)13(18)15(14-9)8-10-5-3-2-4-6-10/h2-6,11H,7-8H2,1H3,(H,16,17). The Kier molecular flexibility index (Phi) is 3.41. The number of carbonyl (C=O) groups is 2. The molecular weight excluding hydrogens is 232 g/mol. The van der Waals surface area contributed by atoms with Crippen molar-refractivity contribution in [3.05, 3.63) is 35.9 Å². The summed E-state index contributed by atoms with van der Waals surface area (Å²) >= 11 is 0. The van der Waals surface area contributed by atoms with E-state index in [2.05, 4.69) is 5.10 Å². The van der Waals surface area contributed by atoms with E-state index in [0.717, 1.165) is 5.56 Å². The van der Waals surface area contributed by atoms with Crippen LogP contribution in [0.5, 0.6) is 0 Å². The Morgan fingerprint density at radius 2 is 2.06 bits per heavy atom. The number of nitrogens with zero attached hydrogens (tertiary/aromatic N) is 2. The lowest BCUT2D eigenvalue weighted by Crippen LogP contribution is -2.28. The zero-order valence-corrected chi connectivity index (χ0v) is 10.0.